The third-order valence-corrected chi connectivity index (χ3v) is 5.55. The number of esters is 1. The summed E-state index contributed by atoms with van der Waals surface area (Å²) in [5.41, 5.74) is 0.672. The van der Waals surface area contributed by atoms with Gasteiger partial charge in [0.1, 0.15) is 15.6 Å². The smallest absolute Gasteiger partial charge is 0.349 e. The fourth-order valence-electron chi connectivity index (χ4n) is 2.07. The Hall–Kier alpha value is -2.45. The minimum atomic E-state index is -3.93. The first-order valence-corrected chi connectivity index (χ1v) is 8.92. The molecule has 0 fully saturated rings. The maximum atomic E-state index is 12.5. The molecule has 0 atom stereocenters. The first kappa shape index (κ1) is 15.4. The third kappa shape index (κ3) is 3.03. The average molecular weight is 348 g/mol. The summed E-state index contributed by atoms with van der Waals surface area (Å²) in [4.78, 5) is 15.8. The zero-order valence-electron chi connectivity index (χ0n) is 12.0. The number of ether oxygens (including phenoxy) is 1. The van der Waals surface area contributed by atoms with Gasteiger partial charge in [0.25, 0.3) is 10.0 Å². The standard InChI is InChI=1S/C15H12N2O4S2/c1-21-15(18)14-12(8-9-22-14)23(19,20)17-13-7-6-10-4-2-3-5-11(10)16-13/h2-9H,1H3,(H,16,17). The first-order valence-electron chi connectivity index (χ1n) is 6.56. The number of anilines is 1. The van der Waals surface area contributed by atoms with E-state index in [1.165, 1.54) is 18.6 Å². The summed E-state index contributed by atoms with van der Waals surface area (Å²) in [5, 5.41) is 2.43. The largest absolute Gasteiger partial charge is 0.465 e. The van der Waals surface area contributed by atoms with E-state index in [-0.39, 0.29) is 15.6 Å². The van der Waals surface area contributed by atoms with Crippen LogP contribution in [0.1, 0.15) is 9.67 Å². The Balaban J connectivity index is 1.97. The van der Waals surface area contributed by atoms with Crippen molar-refractivity contribution in [1.29, 1.82) is 0 Å². The number of sulfonamides is 1. The van der Waals surface area contributed by atoms with E-state index < -0.39 is 16.0 Å². The van der Waals surface area contributed by atoms with Crippen molar-refractivity contribution in [2.75, 3.05) is 11.8 Å². The summed E-state index contributed by atoms with van der Waals surface area (Å²) >= 11 is 1.01. The van der Waals surface area contributed by atoms with Crippen LogP contribution in [0, 0.1) is 0 Å². The number of fused-ring (bicyclic) bond motifs is 1. The van der Waals surface area contributed by atoms with Crippen LogP contribution in [0.5, 0.6) is 0 Å². The number of nitrogens with zero attached hydrogens (tertiary/aromatic N) is 1. The quantitative estimate of drug-likeness (QED) is 0.733. The Morgan fingerprint density at radius 2 is 1.96 bits per heavy atom. The maximum Gasteiger partial charge on any atom is 0.349 e. The molecule has 0 unspecified atom stereocenters. The Kier molecular flexibility index (Phi) is 4.01. The van der Waals surface area contributed by atoms with Crippen LogP contribution in [-0.4, -0.2) is 26.5 Å². The van der Waals surface area contributed by atoms with Gasteiger partial charge in [-0.2, -0.15) is 0 Å². The highest BCUT2D eigenvalue weighted by Crippen LogP contribution is 2.25. The van der Waals surface area contributed by atoms with E-state index in [0.717, 1.165) is 16.7 Å². The molecule has 0 bridgehead atoms. The molecule has 0 aliphatic heterocycles. The number of pyridine rings is 1. The van der Waals surface area contributed by atoms with Crippen LogP contribution in [0.4, 0.5) is 5.82 Å². The summed E-state index contributed by atoms with van der Waals surface area (Å²) in [6.45, 7) is 0. The van der Waals surface area contributed by atoms with Gasteiger partial charge in [-0.1, -0.05) is 18.2 Å². The summed E-state index contributed by atoms with van der Waals surface area (Å²) in [7, 11) is -2.72. The zero-order chi connectivity index (χ0) is 16.4. The number of benzene rings is 1. The van der Waals surface area contributed by atoms with Gasteiger partial charge in [-0.25, -0.2) is 18.2 Å². The topological polar surface area (TPSA) is 85.4 Å². The highest BCUT2D eigenvalue weighted by Gasteiger charge is 2.25. The molecule has 0 spiro atoms. The number of carbonyl (C=O) groups is 1. The number of aromatic nitrogens is 1. The molecule has 23 heavy (non-hydrogen) atoms. The fraction of sp³-hybridized carbons (Fsp3) is 0.0667. The van der Waals surface area contributed by atoms with E-state index >= 15 is 0 Å². The average Bonchev–Trinajstić information content (AvgIpc) is 3.04. The maximum absolute atomic E-state index is 12.5. The van der Waals surface area contributed by atoms with Gasteiger partial charge >= 0.3 is 5.97 Å². The second kappa shape index (κ2) is 5.98. The molecule has 6 nitrogen and oxygen atoms in total. The number of thiophene rings is 1. The molecular weight excluding hydrogens is 336 g/mol. The minimum absolute atomic E-state index is 0.0285. The van der Waals surface area contributed by atoms with E-state index in [2.05, 4.69) is 14.4 Å². The van der Waals surface area contributed by atoms with E-state index in [0.29, 0.717) is 5.52 Å². The van der Waals surface area contributed by atoms with Gasteiger partial charge in [0.2, 0.25) is 0 Å². The molecule has 1 N–H and O–H groups in total. The highest BCUT2D eigenvalue weighted by atomic mass is 32.2. The van der Waals surface area contributed by atoms with Crippen LogP contribution in [0.2, 0.25) is 0 Å². The Labute approximate surface area is 136 Å². The lowest BCUT2D eigenvalue weighted by atomic mass is 10.2. The lowest BCUT2D eigenvalue weighted by Crippen LogP contribution is -2.16. The molecule has 2 heterocycles. The van der Waals surface area contributed by atoms with Crippen LogP contribution in [0.3, 0.4) is 0 Å². The molecule has 0 aliphatic carbocycles. The van der Waals surface area contributed by atoms with Gasteiger partial charge < -0.3 is 4.74 Å². The van der Waals surface area contributed by atoms with Crippen molar-refractivity contribution in [2.45, 2.75) is 4.90 Å². The molecule has 0 amide bonds. The number of methoxy groups -OCH3 is 1. The lowest BCUT2D eigenvalue weighted by Gasteiger charge is -2.08. The minimum Gasteiger partial charge on any atom is -0.465 e. The molecule has 8 heteroatoms. The Bertz CT molecular complexity index is 980. The summed E-state index contributed by atoms with van der Waals surface area (Å²) in [5.74, 6) is -0.502. The van der Waals surface area contributed by atoms with Gasteiger partial charge in [0, 0.05) is 5.39 Å². The van der Waals surface area contributed by atoms with E-state index in [1.54, 1.807) is 18.2 Å². The number of hydrogen-bond donors (Lipinski definition) is 1. The van der Waals surface area contributed by atoms with Gasteiger partial charge in [0.05, 0.1) is 12.6 Å². The number of nitrogens with one attached hydrogen (secondary N) is 1. The van der Waals surface area contributed by atoms with Crippen molar-refractivity contribution in [2.24, 2.45) is 0 Å². The second-order valence-corrected chi connectivity index (χ2v) is 7.17. The predicted molar refractivity (Wildman–Crippen MR) is 88.2 cm³/mol. The zero-order valence-corrected chi connectivity index (χ0v) is 13.6. The second-order valence-electron chi connectivity index (χ2n) is 4.60. The molecule has 0 aliphatic rings. The molecule has 2 aromatic heterocycles. The van der Waals surface area contributed by atoms with Crippen molar-refractivity contribution in [1.82, 2.24) is 4.98 Å². The van der Waals surface area contributed by atoms with Gasteiger partial charge in [-0.05, 0) is 29.6 Å². The molecular formula is C15H12N2O4S2. The lowest BCUT2D eigenvalue weighted by molar-refractivity contribution is 0.0602. The third-order valence-electron chi connectivity index (χ3n) is 3.13. The van der Waals surface area contributed by atoms with Gasteiger partial charge in [0.15, 0.2) is 0 Å². The molecule has 118 valence electrons. The van der Waals surface area contributed by atoms with Crippen molar-refractivity contribution in [3.05, 3.63) is 52.7 Å². The summed E-state index contributed by atoms with van der Waals surface area (Å²) in [6, 6.07) is 12.1. The SMILES string of the molecule is COC(=O)c1sccc1S(=O)(=O)Nc1ccc2ccccc2n1. The van der Waals surface area contributed by atoms with Crippen molar-refractivity contribution < 1.29 is 17.9 Å². The van der Waals surface area contributed by atoms with Crippen LogP contribution in [0.25, 0.3) is 10.9 Å². The molecule has 1 aromatic carbocycles. The van der Waals surface area contributed by atoms with Gasteiger partial charge in [-0.15, -0.1) is 11.3 Å². The molecule has 3 aromatic rings. The molecule has 3 rings (SSSR count). The number of para-hydroxylation sites is 1. The van der Waals surface area contributed by atoms with Crippen LogP contribution >= 0.6 is 11.3 Å². The van der Waals surface area contributed by atoms with Crippen molar-refractivity contribution >= 4 is 44.1 Å². The number of rotatable bonds is 4. The fourth-order valence-corrected chi connectivity index (χ4v) is 4.40. The van der Waals surface area contributed by atoms with Crippen molar-refractivity contribution in [3.63, 3.8) is 0 Å². The number of carbonyl (C=O) groups excluding carboxylic acids is 1. The monoisotopic (exact) mass is 348 g/mol. The van der Waals surface area contributed by atoms with Crippen molar-refractivity contribution in [3.8, 4) is 0 Å². The summed E-state index contributed by atoms with van der Waals surface area (Å²) in [6.07, 6.45) is 0. The van der Waals surface area contributed by atoms with Crippen LogP contribution in [-0.2, 0) is 14.8 Å². The van der Waals surface area contributed by atoms with Crippen LogP contribution < -0.4 is 4.72 Å². The molecule has 0 saturated carbocycles. The van der Waals surface area contributed by atoms with Crippen LogP contribution in [0.15, 0.2) is 52.7 Å². The number of hydrogen-bond acceptors (Lipinski definition) is 6. The molecule has 0 radical (unpaired) electrons. The Morgan fingerprint density at radius 1 is 1.17 bits per heavy atom. The highest BCUT2D eigenvalue weighted by molar-refractivity contribution is 7.93. The first-order chi connectivity index (χ1) is 11.0. The van der Waals surface area contributed by atoms with E-state index in [9.17, 15) is 13.2 Å². The molecule has 0 saturated heterocycles. The predicted octanol–water partition coefficient (Wildman–Crippen LogP) is 2.88. The van der Waals surface area contributed by atoms with E-state index in [4.69, 9.17) is 0 Å². The van der Waals surface area contributed by atoms with Gasteiger partial charge in [-0.3, -0.25) is 4.72 Å². The summed E-state index contributed by atoms with van der Waals surface area (Å²) < 4.78 is 32.0. The Morgan fingerprint density at radius 3 is 2.74 bits per heavy atom. The normalized spacial score (nSPS) is 11.3. The van der Waals surface area contributed by atoms with E-state index in [1.807, 2.05) is 18.2 Å².